The predicted molar refractivity (Wildman–Crippen MR) is 28.5 cm³/mol. The van der Waals surface area contributed by atoms with E-state index >= 15 is 0 Å². The highest BCUT2D eigenvalue weighted by Crippen LogP contribution is 1.91. The van der Waals surface area contributed by atoms with Crippen LogP contribution in [0.1, 0.15) is 6.92 Å². The summed E-state index contributed by atoms with van der Waals surface area (Å²) >= 11 is 0. The van der Waals surface area contributed by atoms with E-state index in [4.69, 9.17) is 5.11 Å². The molecule has 0 aromatic heterocycles. The molecule has 2 atom stereocenters. The van der Waals surface area contributed by atoms with Gasteiger partial charge in [-0.3, -0.25) is 14.9 Å². The van der Waals surface area contributed by atoms with Crippen molar-refractivity contribution in [2.24, 2.45) is 0 Å². The van der Waals surface area contributed by atoms with Gasteiger partial charge < -0.3 is 5.11 Å². The van der Waals surface area contributed by atoms with Crippen LogP contribution in [0.4, 0.5) is 0 Å². The van der Waals surface area contributed by atoms with Gasteiger partial charge in [-0.1, -0.05) is 0 Å². The van der Waals surface area contributed by atoms with Crippen LogP contribution in [0.15, 0.2) is 0 Å². The van der Waals surface area contributed by atoms with E-state index in [2.05, 4.69) is 0 Å². The second kappa shape index (κ2) is 3.13. The van der Waals surface area contributed by atoms with Gasteiger partial charge in [-0.05, 0) is 6.92 Å². The van der Waals surface area contributed by atoms with Gasteiger partial charge in [0.05, 0.1) is 0 Å². The van der Waals surface area contributed by atoms with E-state index in [-0.39, 0.29) is 6.29 Å². The Morgan fingerprint density at radius 1 is 1.78 bits per heavy atom. The fourth-order valence-electron chi connectivity index (χ4n) is 0.340. The zero-order chi connectivity index (χ0) is 7.44. The quantitative estimate of drug-likeness (QED) is 0.311. The van der Waals surface area contributed by atoms with Crippen molar-refractivity contribution in [3.05, 3.63) is 10.1 Å². The second-order valence-corrected chi connectivity index (χ2v) is 1.65. The first-order chi connectivity index (χ1) is 4.09. The summed E-state index contributed by atoms with van der Waals surface area (Å²) in [7, 11) is 0. The summed E-state index contributed by atoms with van der Waals surface area (Å²) in [4.78, 5) is 18.8. The summed E-state index contributed by atoms with van der Waals surface area (Å²) in [5, 5.41) is 18.3. The minimum atomic E-state index is -1.48. The minimum Gasteiger partial charge on any atom is -0.386 e. The standard InChI is InChI=1S/C4H7NO4/c1-3(7)4(2-6)5(8)9/h2-4,7H,1H3. The lowest BCUT2D eigenvalue weighted by atomic mass is 10.2. The third-order valence-corrected chi connectivity index (χ3v) is 0.877. The molecule has 0 aromatic rings. The van der Waals surface area contributed by atoms with Gasteiger partial charge in [-0.2, -0.15) is 0 Å². The molecule has 9 heavy (non-hydrogen) atoms. The van der Waals surface area contributed by atoms with E-state index in [1.54, 1.807) is 0 Å². The van der Waals surface area contributed by atoms with Crippen molar-refractivity contribution in [2.45, 2.75) is 19.1 Å². The van der Waals surface area contributed by atoms with Crippen LogP contribution in [0.25, 0.3) is 0 Å². The van der Waals surface area contributed by atoms with Crippen molar-refractivity contribution < 1.29 is 14.8 Å². The molecule has 0 fully saturated rings. The van der Waals surface area contributed by atoms with E-state index in [1.165, 1.54) is 6.92 Å². The first kappa shape index (κ1) is 8.03. The third kappa shape index (κ3) is 2.18. The Bertz CT molecular complexity index is 122. The van der Waals surface area contributed by atoms with Crippen LogP contribution in [0, 0.1) is 10.1 Å². The number of aldehydes is 1. The molecular weight excluding hydrogens is 126 g/mol. The molecule has 2 unspecified atom stereocenters. The average Bonchev–Trinajstić information content (AvgIpc) is 1.64. The highest BCUT2D eigenvalue weighted by atomic mass is 16.6. The summed E-state index contributed by atoms with van der Waals surface area (Å²) in [5.41, 5.74) is 0. The average molecular weight is 133 g/mol. The van der Waals surface area contributed by atoms with Crippen molar-refractivity contribution in [1.82, 2.24) is 0 Å². The molecule has 0 aliphatic heterocycles. The molecule has 1 N–H and O–H groups in total. The Kier molecular flexibility index (Phi) is 2.80. The van der Waals surface area contributed by atoms with E-state index in [9.17, 15) is 14.9 Å². The van der Waals surface area contributed by atoms with Crippen LogP contribution in [0.3, 0.4) is 0 Å². The van der Waals surface area contributed by atoms with Gasteiger partial charge in [0.25, 0.3) is 6.04 Å². The Balaban J connectivity index is 3.98. The lowest BCUT2D eigenvalue weighted by molar-refractivity contribution is -0.515. The Hall–Kier alpha value is -0.970. The lowest BCUT2D eigenvalue weighted by Crippen LogP contribution is -2.32. The summed E-state index contributed by atoms with van der Waals surface area (Å²) in [6.07, 6.45) is -1.09. The van der Waals surface area contributed by atoms with Crippen LogP contribution < -0.4 is 0 Å². The predicted octanol–water partition coefficient (Wildman–Crippen LogP) is -0.789. The Morgan fingerprint density at radius 3 is 2.22 bits per heavy atom. The van der Waals surface area contributed by atoms with Crippen LogP contribution in [0.5, 0.6) is 0 Å². The fraction of sp³-hybridized carbons (Fsp3) is 0.750. The first-order valence-electron chi connectivity index (χ1n) is 2.36. The number of hydrogen-bond donors (Lipinski definition) is 1. The molecule has 0 aliphatic rings. The maximum absolute atomic E-state index is 9.79. The number of nitrogens with zero attached hydrogens (tertiary/aromatic N) is 1. The highest BCUT2D eigenvalue weighted by Gasteiger charge is 2.24. The SMILES string of the molecule is CC(O)C(C=O)[N+](=O)[O-]. The van der Waals surface area contributed by atoms with Crippen molar-refractivity contribution in [2.75, 3.05) is 0 Å². The van der Waals surface area contributed by atoms with Crippen molar-refractivity contribution in [3.8, 4) is 0 Å². The molecule has 0 spiro atoms. The van der Waals surface area contributed by atoms with Crippen molar-refractivity contribution in [1.29, 1.82) is 0 Å². The topological polar surface area (TPSA) is 80.4 Å². The van der Waals surface area contributed by atoms with Crippen LogP contribution in [0.2, 0.25) is 0 Å². The molecule has 5 heteroatoms. The molecule has 52 valence electrons. The van der Waals surface area contributed by atoms with Crippen LogP contribution in [-0.2, 0) is 4.79 Å². The van der Waals surface area contributed by atoms with E-state index in [0.717, 1.165) is 0 Å². The van der Waals surface area contributed by atoms with Crippen molar-refractivity contribution in [3.63, 3.8) is 0 Å². The van der Waals surface area contributed by atoms with Crippen molar-refractivity contribution >= 4 is 6.29 Å². The number of nitro groups is 1. The lowest BCUT2D eigenvalue weighted by Gasteiger charge is -2.02. The normalized spacial score (nSPS) is 16.2. The smallest absolute Gasteiger partial charge is 0.292 e. The molecule has 0 saturated heterocycles. The maximum atomic E-state index is 9.79. The Labute approximate surface area is 51.4 Å². The fourth-order valence-corrected chi connectivity index (χ4v) is 0.340. The second-order valence-electron chi connectivity index (χ2n) is 1.65. The van der Waals surface area contributed by atoms with Gasteiger partial charge in [0.15, 0.2) is 6.29 Å². The summed E-state index contributed by atoms with van der Waals surface area (Å²) in [6.45, 7) is 1.20. The third-order valence-electron chi connectivity index (χ3n) is 0.877. The van der Waals surface area contributed by atoms with Gasteiger partial charge in [0, 0.05) is 4.92 Å². The largest absolute Gasteiger partial charge is 0.386 e. The highest BCUT2D eigenvalue weighted by molar-refractivity contribution is 5.56. The summed E-state index contributed by atoms with van der Waals surface area (Å²) < 4.78 is 0. The van der Waals surface area contributed by atoms with E-state index in [1.807, 2.05) is 0 Å². The molecule has 0 radical (unpaired) electrons. The molecule has 0 rings (SSSR count). The molecular formula is C4H7NO4. The van der Waals surface area contributed by atoms with Gasteiger partial charge in [-0.25, -0.2) is 0 Å². The molecule has 5 nitrogen and oxygen atoms in total. The number of rotatable bonds is 3. The minimum absolute atomic E-state index is 0.116. The number of aliphatic hydroxyl groups is 1. The number of carbonyl (C=O) groups is 1. The number of carbonyl (C=O) groups excluding carboxylic acids is 1. The molecule has 0 aromatic carbocycles. The van der Waals surface area contributed by atoms with E-state index < -0.39 is 17.1 Å². The molecule has 0 saturated carbocycles. The first-order valence-corrected chi connectivity index (χ1v) is 2.36. The van der Waals surface area contributed by atoms with E-state index in [0.29, 0.717) is 0 Å². The van der Waals surface area contributed by atoms with Gasteiger partial charge in [0.2, 0.25) is 0 Å². The molecule has 0 bridgehead atoms. The molecule has 0 aliphatic carbocycles. The van der Waals surface area contributed by atoms with Gasteiger partial charge in [-0.15, -0.1) is 0 Å². The Morgan fingerprint density at radius 2 is 2.22 bits per heavy atom. The maximum Gasteiger partial charge on any atom is 0.292 e. The van der Waals surface area contributed by atoms with Gasteiger partial charge >= 0.3 is 0 Å². The summed E-state index contributed by atoms with van der Waals surface area (Å²) in [6, 6.07) is -1.48. The zero-order valence-electron chi connectivity index (χ0n) is 4.85. The summed E-state index contributed by atoms with van der Waals surface area (Å²) in [5.74, 6) is 0. The molecule has 0 amide bonds. The zero-order valence-corrected chi connectivity index (χ0v) is 4.85. The van der Waals surface area contributed by atoms with Gasteiger partial charge in [0.1, 0.15) is 6.10 Å². The van der Waals surface area contributed by atoms with Crippen LogP contribution in [-0.4, -0.2) is 28.5 Å². The number of hydrogen-bond acceptors (Lipinski definition) is 4. The monoisotopic (exact) mass is 133 g/mol. The van der Waals surface area contributed by atoms with Crippen LogP contribution >= 0.6 is 0 Å². The molecule has 0 heterocycles. The number of aliphatic hydroxyl groups excluding tert-OH is 1.